The van der Waals surface area contributed by atoms with Gasteiger partial charge in [-0.05, 0) is 35.9 Å². The molecule has 3 rings (SSSR count). The summed E-state index contributed by atoms with van der Waals surface area (Å²) < 4.78 is 5.71. The molecule has 0 atom stereocenters. The Balaban J connectivity index is 1.48. The van der Waals surface area contributed by atoms with Crippen molar-refractivity contribution in [1.82, 2.24) is 9.88 Å². The first-order chi connectivity index (χ1) is 10.7. The van der Waals surface area contributed by atoms with E-state index < -0.39 is 0 Å². The molecule has 0 radical (unpaired) electrons. The molecule has 0 saturated carbocycles. The Bertz CT molecular complexity index is 665. The molecule has 0 bridgehead atoms. The Morgan fingerprint density at radius 3 is 2.73 bits per heavy atom. The summed E-state index contributed by atoms with van der Waals surface area (Å²) in [4.78, 5) is 17.7. The molecular formula is C17H15ClN2O2. The minimum Gasteiger partial charge on any atom is -0.485 e. The van der Waals surface area contributed by atoms with Crippen LogP contribution in [-0.2, 0) is 4.79 Å². The van der Waals surface area contributed by atoms with Crippen molar-refractivity contribution >= 4 is 23.6 Å². The zero-order valence-electron chi connectivity index (χ0n) is 11.9. The van der Waals surface area contributed by atoms with Crippen LogP contribution >= 0.6 is 11.6 Å². The zero-order chi connectivity index (χ0) is 15.4. The van der Waals surface area contributed by atoms with E-state index in [4.69, 9.17) is 16.3 Å². The minimum absolute atomic E-state index is 0.0130. The maximum Gasteiger partial charge on any atom is 0.246 e. The quantitative estimate of drug-likeness (QED) is 0.815. The summed E-state index contributed by atoms with van der Waals surface area (Å²) >= 11 is 5.82. The van der Waals surface area contributed by atoms with E-state index in [-0.39, 0.29) is 12.0 Å². The number of amides is 1. The van der Waals surface area contributed by atoms with Gasteiger partial charge in [-0.1, -0.05) is 23.7 Å². The van der Waals surface area contributed by atoms with Crippen LogP contribution < -0.4 is 4.74 Å². The Morgan fingerprint density at radius 1 is 1.27 bits per heavy atom. The Hall–Kier alpha value is -2.33. The first kappa shape index (κ1) is 14.6. The SMILES string of the molecule is O=C(/C=C/c1ccc(Cl)cc1)N1CC(Oc2cccnc2)C1. The first-order valence-electron chi connectivity index (χ1n) is 7.00. The van der Waals surface area contributed by atoms with Gasteiger partial charge in [0, 0.05) is 17.3 Å². The van der Waals surface area contributed by atoms with Gasteiger partial charge in [0.2, 0.25) is 5.91 Å². The van der Waals surface area contributed by atoms with E-state index in [0.29, 0.717) is 18.1 Å². The summed E-state index contributed by atoms with van der Waals surface area (Å²) in [7, 11) is 0. The van der Waals surface area contributed by atoms with Gasteiger partial charge in [0.25, 0.3) is 0 Å². The van der Waals surface area contributed by atoms with Gasteiger partial charge < -0.3 is 9.64 Å². The van der Waals surface area contributed by atoms with Crippen molar-refractivity contribution in [2.45, 2.75) is 6.10 Å². The summed E-state index contributed by atoms with van der Waals surface area (Å²) in [6.45, 7) is 1.19. The molecule has 4 nitrogen and oxygen atoms in total. The van der Waals surface area contributed by atoms with E-state index in [1.54, 1.807) is 41.6 Å². The molecule has 1 saturated heterocycles. The number of rotatable bonds is 4. The van der Waals surface area contributed by atoms with Crippen molar-refractivity contribution in [2.75, 3.05) is 13.1 Å². The van der Waals surface area contributed by atoms with Gasteiger partial charge in [-0.2, -0.15) is 0 Å². The maximum absolute atomic E-state index is 12.0. The fraction of sp³-hybridized carbons (Fsp3) is 0.176. The third kappa shape index (κ3) is 3.65. The summed E-state index contributed by atoms with van der Waals surface area (Å²) in [5.41, 5.74) is 0.946. The van der Waals surface area contributed by atoms with Gasteiger partial charge in [-0.15, -0.1) is 0 Å². The van der Waals surface area contributed by atoms with E-state index >= 15 is 0 Å². The molecule has 0 N–H and O–H groups in total. The number of hydrogen-bond acceptors (Lipinski definition) is 3. The molecule has 1 aliphatic heterocycles. The number of nitrogens with zero attached hydrogens (tertiary/aromatic N) is 2. The largest absolute Gasteiger partial charge is 0.485 e. The fourth-order valence-corrected chi connectivity index (χ4v) is 2.27. The normalized spacial score (nSPS) is 14.9. The summed E-state index contributed by atoms with van der Waals surface area (Å²) in [5, 5.41) is 0.682. The van der Waals surface area contributed by atoms with Gasteiger partial charge in [0.15, 0.2) is 0 Å². The molecule has 1 fully saturated rings. The Labute approximate surface area is 134 Å². The van der Waals surface area contributed by atoms with Crippen molar-refractivity contribution < 1.29 is 9.53 Å². The average molecular weight is 315 g/mol. The second-order valence-corrected chi connectivity index (χ2v) is 5.49. The number of benzene rings is 1. The lowest BCUT2D eigenvalue weighted by Gasteiger charge is -2.38. The Morgan fingerprint density at radius 2 is 2.05 bits per heavy atom. The number of carbonyl (C=O) groups excluding carboxylic acids is 1. The molecule has 1 aliphatic rings. The number of likely N-dealkylation sites (tertiary alicyclic amines) is 1. The number of hydrogen-bond donors (Lipinski definition) is 0. The first-order valence-corrected chi connectivity index (χ1v) is 7.38. The van der Waals surface area contributed by atoms with Crippen LogP contribution in [-0.4, -0.2) is 35.0 Å². The predicted molar refractivity (Wildman–Crippen MR) is 85.7 cm³/mol. The van der Waals surface area contributed by atoms with Crippen molar-refractivity contribution in [3.8, 4) is 5.75 Å². The highest BCUT2D eigenvalue weighted by Gasteiger charge is 2.31. The summed E-state index contributed by atoms with van der Waals surface area (Å²) in [6, 6.07) is 11.0. The van der Waals surface area contributed by atoms with E-state index in [0.717, 1.165) is 11.3 Å². The molecule has 22 heavy (non-hydrogen) atoms. The summed E-state index contributed by atoms with van der Waals surface area (Å²) in [6.07, 6.45) is 6.77. The molecule has 1 aromatic heterocycles. The fourth-order valence-electron chi connectivity index (χ4n) is 2.15. The molecule has 2 aromatic rings. The van der Waals surface area contributed by atoms with Gasteiger partial charge in [0.05, 0.1) is 19.3 Å². The van der Waals surface area contributed by atoms with Crippen molar-refractivity contribution in [3.05, 3.63) is 65.5 Å². The molecule has 1 amide bonds. The van der Waals surface area contributed by atoms with Crippen LogP contribution in [0.2, 0.25) is 5.02 Å². The van der Waals surface area contributed by atoms with E-state index in [9.17, 15) is 4.79 Å². The molecule has 0 aliphatic carbocycles. The molecule has 1 aromatic carbocycles. The lowest BCUT2D eigenvalue weighted by atomic mass is 10.1. The monoisotopic (exact) mass is 314 g/mol. The molecule has 2 heterocycles. The second-order valence-electron chi connectivity index (χ2n) is 5.06. The standard InChI is InChI=1S/C17H15ClN2O2/c18-14-6-3-13(4-7-14)5-8-17(21)20-11-16(12-20)22-15-2-1-9-19-10-15/h1-10,16H,11-12H2/b8-5+. The zero-order valence-corrected chi connectivity index (χ0v) is 12.6. The highest BCUT2D eigenvalue weighted by molar-refractivity contribution is 6.30. The minimum atomic E-state index is -0.0130. The third-order valence-electron chi connectivity index (χ3n) is 3.39. The number of halogens is 1. The van der Waals surface area contributed by atoms with Gasteiger partial charge in [-0.3, -0.25) is 9.78 Å². The van der Waals surface area contributed by atoms with Crippen molar-refractivity contribution in [1.29, 1.82) is 0 Å². The number of pyridine rings is 1. The van der Waals surface area contributed by atoms with Crippen LogP contribution in [0.25, 0.3) is 6.08 Å². The highest BCUT2D eigenvalue weighted by atomic mass is 35.5. The van der Waals surface area contributed by atoms with E-state index in [1.807, 2.05) is 24.3 Å². The van der Waals surface area contributed by atoms with E-state index in [2.05, 4.69) is 4.98 Å². The highest BCUT2D eigenvalue weighted by Crippen LogP contribution is 2.17. The lowest BCUT2D eigenvalue weighted by Crippen LogP contribution is -2.55. The van der Waals surface area contributed by atoms with Gasteiger partial charge >= 0.3 is 0 Å². The van der Waals surface area contributed by atoms with Crippen LogP contribution in [0, 0.1) is 0 Å². The average Bonchev–Trinajstić information content (AvgIpc) is 2.50. The van der Waals surface area contributed by atoms with E-state index in [1.165, 1.54) is 0 Å². The molecule has 5 heteroatoms. The van der Waals surface area contributed by atoms with Crippen LogP contribution in [0.15, 0.2) is 54.9 Å². The molecule has 0 spiro atoms. The maximum atomic E-state index is 12.0. The number of aromatic nitrogens is 1. The number of carbonyl (C=O) groups is 1. The third-order valence-corrected chi connectivity index (χ3v) is 3.64. The van der Waals surface area contributed by atoms with Gasteiger partial charge in [-0.25, -0.2) is 0 Å². The van der Waals surface area contributed by atoms with Crippen molar-refractivity contribution in [3.63, 3.8) is 0 Å². The molecular weight excluding hydrogens is 300 g/mol. The summed E-state index contributed by atoms with van der Waals surface area (Å²) in [5.74, 6) is 0.720. The number of ether oxygens (including phenoxy) is 1. The topological polar surface area (TPSA) is 42.4 Å². The Kier molecular flexibility index (Phi) is 4.39. The molecule has 112 valence electrons. The second kappa shape index (κ2) is 6.62. The van der Waals surface area contributed by atoms with Crippen LogP contribution in [0.4, 0.5) is 0 Å². The van der Waals surface area contributed by atoms with Crippen molar-refractivity contribution in [2.24, 2.45) is 0 Å². The van der Waals surface area contributed by atoms with Crippen LogP contribution in [0.3, 0.4) is 0 Å². The molecule has 0 unspecified atom stereocenters. The van der Waals surface area contributed by atoms with Gasteiger partial charge in [0.1, 0.15) is 11.9 Å². The smallest absolute Gasteiger partial charge is 0.246 e. The van der Waals surface area contributed by atoms with Crippen LogP contribution in [0.5, 0.6) is 5.75 Å². The van der Waals surface area contributed by atoms with Crippen LogP contribution in [0.1, 0.15) is 5.56 Å². The predicted octanol–water partition coefficient (Wildman–Crippen LogP) is 3.04. The lowest BCUT2D eigenvalue weighted by molar-refractivity contribution is -0.134.